The zero-order valence-electron chi connectivity index (χ0n) is 13.7. The standard InChI is InChI=1S/C19H13F6NO/c20-18(21,22)14-6-7-16-13(10-14)8-9-26(16)11-15(17(27)19(23,24)25)12-4-2-1-3-5-12/h1-7,10-11H,8-9H2/b15-11-. The molecule has 1 aliphatic rings. The number of alkyl halides is 6. The average molecular weight is 385 g/mol. The van der Waals surface area contributed by atoms with Crippen molar-refractivity contribution in [1.29, 1.82) is 0 Å². The molecule has 0 saturated heterocycles. The molecule has 0 bridgehead atoms. The predicted molar refractivity (Wildman–Crippen MR) is 88.0 cm³/mol. The minimum Gasteiger partial charge on any atom is -0.347 e. The number of allylic oxidation sites excluding steroid dienone is 1. The van der Waals surface area contributed by atoms with E-state index in [4.69, 9.17) is 0 Å². The summed E-state index contributed by atoms with van der Waals surface area (Å²) in [6.45, 7) is 0.179. The van der Waals surface area contributed by atoms with Gasteiger partial charge in [0.05, 0.1) is 11.1 Å². The maximum atomic E-state index is 13.0. The van der Waals surface area contributed by atoms with Gasteiger partial charge in [0.15, 0.2) is 0 Å². The molecular weight excluding hydrogens is 372 g/mol. The lowest BCUT2D eigenvalue weighted by Gasteiger charge is -2.18. The van der Waals surface area contributed by atoms with Gasteiger partial charge in [-0.25, -0.2) is 0 Å². The van der Waals surface area contributed by atoms with Gasteiger partial charge in [0, 0.05) is 18.4 Å². The van der Waals surface area contributed by atoms with E-state index in [9.17, 15) is 31.1 Å². The van der Waals surface area contributed by atoms with Gasteiger partial charge < -0.3 is 4.90 Å². The number of halogens is 6. The predicted octanol–water partition coefficient (Wildman–Crippen LogP) is 5.24. The Morgan fingerprint density at radius 1 is 0.963 bits per heavy atom. The summed E-state index contributed by atoms with van der Waals surface area (Å²) in [5, 5.41) is 0. The number of hydrogen-bond donors (Lipinski definition) is 0. The van der Waals surface area contributed by atoms with E-state index in [0.717, 1.165) is 18.3 Å². The van der Waals surface area contributed by atoms with Crippen LogP contribution in [0.15, 0.2) is 54.7 Å². The number of anilines is 1. The highest BCUT2D eigenvalue weighted by atomic mass is 19.4. The highest BCUT2D eigenvalue weighted by molar-refractivity contribution is 6.23. The smallest absolute Gasteiger partial charge is 0.347 e. The second-order valence-corrected chi connectivity index (χ2v) is 6.02. The molecule has 2 aromatic rings. The van der Waals surface area contributed by atoms with Gasteiger partial charge in [-0.15, -0.1) is 0 Å². The Morgan fingerprint density at radius 3 is 2.22 bits per heavy atom. The summed E-state index contributed by atoms with van der Waals surface area (Å²) in [6.07, 6.45) is -8.27. The Balaban J connectivity index is 2.02. The molecule has 0 radical (unpaired) electrons. The van der Waals surface area contributed by atoms with Crippen LogP contribution in [0, 0.1) is 0 Å². The molecule has 0 unspecified atom stereocenters. The first-order valence-corrected chi connectivity index (χ1v) is 7.93. The Hall–Kier alpha value is -2.77. The third-order valence-electron chi connectivity index (χ3n) is 4.21. The van der Waals surface area contributed by atoms with Gasteiger partial charge in [0.25, 0.3) is 5.78 Å². The van der Waals surface area contributed by atoms with Crippen LogP contribution in [0.4, 0.5) is 32.0 Å². The van der Waals surface area contributed by atoms with E-state index in [0.29, 0.717) is 11.3 Å². The third-order valence-corrected chi connectivity index (χ3v) is 4.21. The van der Waals surface area contributed by atoms with Gasteiger partial charge in [-0.3, -0.25) is 4.79 Å². The van der Waals surface area contributed by atoms with E-state index in [1.807, 2.05) is 0 Å². The fourth-order valence-corrected chi connectivity index (χ4v) is 2.93. The maximum Gasteiger partial charge on any atom is 0.454 e. The number of benzene rings is 2. The van der Waals surface area contributed by atoms with Crippen LogP contribution < -0.4 is 4.90 Å². The van der Waals surface area contributed by atoms with Crippen molar-refractivity contribution in [3.8, 4) is 0 Å². The molecule has 0 aromatic heterocycles. The summed E-state index contributed by atoms with van der Waals surface area (Å²) in [4.78, 5) is 13.3. The molecule has 0 amide bonds. The number of hydrogen-bond acceptors (Lipinski definition) is 2. The summed E-state index contributed by atoms with van der Waals surface area (Å²) in [7, 11) is 0. The first kappa shape index (κ1) is 19.0. The van der Waals surface area contributed by atoms with Crippen molar-refractivity contribution in [3.63, 3.8) is 0 Å². The Kier molecular flexibility index (Phi) is 4.75. The van der Waals surface area contributed by atoms with Crippen LogP contribution >= 0.6 is 0 Å². The summed E-state index contributed by atoms with van der Waals surface area (Å²) in [5.41, 5.74) is -0.572. The number of Topliss-reactive ketones (excluding diaryl/α,β-unsaturated/α-hetero) is 1. The first-order chi connectivity index (χ1) is 12.6. The van der Waals surface area contributed by atoms with Gasteiger partial charge in [0.1, 0.15) is 0 Å². The molecule has 2 aromatic carbocycles. The van der Waals surface area contributed by atoms with Crippen molar-refractivity contribution in [3.05, 3.63) is 71.4 Å². The lowest BCUT2D eigenvalue weighted by Crippen LogP contribution is -2.26. The van der Waals surface area contributed by atoms with Crippen LogP contribution in [0.5, 0.6) is 0 Å². The first-order valence-electron chi connectivity index (χ1n) is 7.93. The number of carbonyl (C=O) groups is 1. The van der Waals surface area contributed by atoms with E-state index in [2.05, 4.69) is 0 Å². The van der Waals surface area contributed by atoms with Gasteiger partial charge in [0.2, 0.25) is 0 Å². The summed E-state index contributed by atoms with van der Waals surface area (Å²) < 4.78 is 77.5. The average Bonchev–Trinajstić information content (AvgIpc) is 3.00. The lowest BCUT2D eigenvalue weighted by atomic mass is 10.0. The fraction of sp³-hybridized carbons (Fsp3) is 0.211. The van der Waals surface area contributed by atoms with Gasteiger partial charge in [-0.2, -0.15) is 26.3 Å². The number of ketones is 1. The number of rotatable bonds is 3. The second kappa shape index (κ2) is 6.75. The molecule has 0 aliphatic carbocycles. The van der Waals surface area contributed by atoms with E-state index >= 15 is 0 Å². The van der Waals surface area contributed by atoms with Crippen LogP contribution in [0.2, 0.25) is 0 Å². The molecule has 8 heteroatoms. The molecule has 0 spiro atoms. The quantitative estimate of drug-likeness (QED) is 0.532. The van der Waals surface area contributed by atoms with Gasteiger partial charge >= 0.3 is 12.4 Å². The van der Waals surface area contributed by atoms with Crippen molar-refractivity contribution in [2.45, 2.75) is 18.8 Å². The Morgan fingerprint density at radius 2 is 1.63 bits per heavy atom. The zero-order chi connectivity index (χ0) is 19.8. The zero-order valence-corrected chi connectivity index (χ0v) is 13.7. The summed E-state index contributed by atoms with van der Waals surface area (Å²) in [5.74, 6) is -2.01. The number of nitrogens with zero attached hydrogens (tertiary/aromatic N) is 1. The van der Waals surface area contributed by atoms with Crippen LogP contribution in [0.1, 0.15) is 16.7 Å². The molecular formula is C19H13F6NO. The largest absolute Gasteiger partial charge is 0.454 e. The highest BCUT2D eigenvalue weighted by Crippen LogP contribution is 2.37. The van der Waals surface area contributed by atoms with Crippen LogP contribution in [-0.4, -0.2) is 18.5 Å². The lowest BCUT2D eigenvalue weighted by molar-refractivity contribution is -0.164. The molecule has 0 saturated carbocycles. The minimum atomic E-state index is -5.07. The number of carbonyl (C=O) groups excluding carboxylic acids is 1. The van der Waals surface area contributed by atoms with Crippen molar-refractivity contribution in [1.82, 2.24) is 0 Å². The van der Waals surface area contributed by atoms with Crippen molar-refractivity contribution in [2.75, 3.05) is 11.4 Å². The molecule has 2 nitrogen and oxygen atoms in total. The highest BCUT2D eigenvalue weighted by Gasteiger charge is 2.41. The minimum absolute atomic E-state index is 0.0835. The fourth-order valence-electron chi connectivity index (χ4n) is 2.93. The molecule has 0 atom stereocenters. The van der Waals surface area contributed by atoms with Crippen LogP contribution in [0.3, 0.4) is 0 Å². The third kappa shape index (κ3) is 3.99. The summed E-state index contributed by atoms with van der Waals surface area (Å²) >= 11 is 0. The topological polar surface area (TPSA) is 20.3 Å². The van der Waals surface area contributed by atoms with Gasteiger partial charge in [-0.1, -0.05) is 30.3 Å². The second-order valence-electron chi connectivity index (χ2n) is 6.02. The molecule has 3 rings (SSSR count). The molecule has 142 valence electrons. The summed E-state index contributed by atoms with van der Waals surface area (Å²) in [6, 6.07) is 10.4. The van der Waals surface area contributed by atoms with E-state index in [1.54, 1.807) is 6.07 Å². The van der Waals surface area contributed by atoms with Crippen molar-refractivity contribution < 1.29 is 31.1 Å². The normalized spacial score (nSPS) is 15.0. The van der Waals surface area contributed by atoms with E-state index < -0.39 is 29.3 Å². The molecule has 27 heavy (non-hydrogen) atoms. The molecule has 0 fully saturated rings. The monoisotopic (exact) mass is 385 g/mol. The van der Waals surface area contributed by atoms with Crippen molar-refractivity contribution >= 4 is 17.0 Å². The van der Waals surface area contributed by atoms with Crippen LogP contribution in [-0.2, 0) is 17.4 Å². The molecule has 1 heterocycles. The van der Waals surface area contributed by atoms with Crippen LogP contribution in [0.25, 0.3) is 5.57 Å². The van der Waals surface area contributed by atoms with E-state index in [-0.39, 0.29) is 18.5 Å². The maximum absolute atomic E-state index is 13.0. The van der Waals surface area contributed by atoms with Gasteiger partial charge in [-0.05, 0) is 35.7 Å². The Bertz CT molecular complexity index is 883. The van der Waals surface area contributed by atoms with Crippen molar-refractivity contribution in [2.24, 2.45) is 0 Å². The number of fused-ring (bicyclic) bond motifs is 1. The van der Waals surface area contributed by atoms with E-state index in [1.165, 1.54) is 35.2 Å². The Labute approximate surface area is 150 Å². The molecule has 0 N–H and O–H groups in total. The molecule has 1 aliphatic heterocycles. The SMILES string of the molecule is O=C(/C(=C\N1CCc2cc(C(F)(F)F)ccc21)c1ccccc1)C(F)(F)F.